The van der Waals surface area contributed by atoms with Gasteiger partial charge in [-0.05, 0) is 39.8 Å². The highest BCUT2D eigenvalue weighted by Gasteiger charge is 2.18. The van der Waals surface area contributed by atoms with Crippen molar-refractivity contribution in [3.05, 3.63) is 35.4 Å². The number of esters is 2. The summed E-state index contributed by atoms with van der Waals surface area (Å²) in [6, 6.07) is 6.01. The Morgan fingerprint density at radius 1 is 1.00 bits per heavy atom. The second-order valence-electron chi connectivity index (χ2n) is 5.48. The highest BCUT2D eigenvalue weighted by atomic mass is 16.6. The molecular formula is C16H20O5. The van der Waals surface area contributed by atoms with Gasteiger partial charge in [0.25, 0.3) is 0 Å². The Balaban J connectivity index is 2.72. The second-order valence-corrected chi connectivity index (χ2v) is 5.48. The van der Waals surface area contributed by atoms with Crippen LogP contribution >= 0.6 is 0 Å². The number of carbonyl (C=O) groups is 3. The monoisotopic (exact) mass is 292 g/mol. The summed E-state index contributed by atoms with van der Waals surface area (Å²) in [4.78, 5) is 34.9. The molecule has 0 aromatic heterocycles. The predicted octanol–water partition coefficient (Wildman–Crippen LogP) is 2.78. The number of rotatable bonds is 5. The molecule has 0 aliphatic rings. The first kappa shape index (κ1) is 16.9. The van der Waals surface area contributed by atoms with Gasteiger partial charge in [0.1, 0.15) is 12.0 Å². The number of benzene rings is 1. The first-order valence-electron chi connectivity index (χ1n) is 6.75. The Labute approximate surface area is 124 Å². The molecule has 0 aliphatic heterocycles. The van der Waals surface area contributed by atoms with Gasteiger partial charge in [-0.25, -0.2) is 4.79 Å². The maximum atomic E-state index is 11.8. The minimum Gasteiger partial charge on any atom is -0.466 e. The second kappa shape index (κ2) is 7.02. The van der Waals surface area contributed by atoms with E-state index in [-0.39, 0.29) is 18.8 Å². The van der Waals surface area contributed by atoms with Crippen LogP contribution in [0.25, 0.3) is 0 Å². The molecule has 1 aromatic rings. The molecule has 5 heteroatoms. The van der Waals surface area contributed by atoms with E-state index in [0.717, 1.165) is 0 Å². The van der Waals surface area contributed by atoms with Crippen LogP contribution in [0.3, 0.4) is 0 Å². The standard InChI is InChI=1S/C16H20O5/c1-5-20-14(18)10-13(17)11-6-8-12(9-7-11)15(19)21-16(2,3)4/h6-9H,5,10H2,1-4H3. The molecule has 21 heavy (non-hydrogen) atoms. The van der Waals surface area contributed by atoms with Crippen LogP contribution in [-0.2, 0) is 14.3 Å². The van der Waals surface area contributed by atoms with Gasteiger partial charge >= 0.3 is 11.9 Å². The quantitative estimate of drug-likeness (QED) is 0.474. The van der Waals surface area contributed by atoms with Crippen molar-refractivity contribution in [2.24, 2.45) is 0 Å². The summed E-state index contributed by atoms with van der Waals surface area (Å²) in [6.45, 7) is 7.26. The molecule has 0 atom stereocenters. The van der Waals surface area contributed by atoms with Crippen LogP contribution in [0.5, 0.6) is 0 Å². The van der Waals surface area contributed by atoms with Crippen molar-refractivity contribution in [2.75, 3.05) is 6.61 Å². The van der Waals surface area contributed by atoms with E-state index >= 15 is 0 Å². The van der Waals surface area contributed by atoms with Crippen LogP contribution in [0.1, 0.15) is 54.8 Å². The van der Waals surface area contributed by atoms with Crippen molar-refractivity contribution in [1.82, 2.24) is 0 Å². The van der Waals surface area contributed by atoms with Crippen LogP contribution in [0.2, 0.25) is 0 Å². The van der Waals surface area contributed by atoms with Gasteiger partial charge in [0, 0.05) is 5.56 Å². The van der Waals surface area contributed by atoms with E-state index in [2.05, 4.69) is 0 Å². The van der Waals surface area contributed by atoms with Gasteiger partial charge < -0.3 is 9.47 Å². The lowest BCUT2D eigenvalue weighted by Crippen LogP contribution is -2.23. The lowest BCUT2D eigenvalue weighted by atomic mass is 10.1. The molecule has 0 fully saturated rings. The molecule has 0 heterocycles. The number of ketones is 1. The lowest BCUT2D eigenvalue weighted by Gasteiger charge is -2.19. The van der Waals surface area contributed by atoms with Gasteiger partial charge in [-0.15, -0.1) is 0 Å². The molecule has 1 aromatic carbocycles. The molecule has 1 rings (SSSR count). The zero-order valence-electron chi connectivity index (χ0n) is 12.8. The van der Waals surface area contributed by atoms with E-state index in [1.54, 1.807) is 27.7 Å². The molecule has 0 aliphatic carbocycles. The van der Waals surface area contributed by atoms with Crippen molar-refractivity contribution in [1.29, 1.82) is 0 Å². The normalized spacial score (nSPS) is 10.9. The molecule has 0 radical (unpaired) electrons. The average Bonchev–Trinajstić information content (AvgIpc) is 2.37. The minimum atomic E-state index is -0.574. The fourth-order valence-corrected chi connectivity index (χ4v) is 1.57. The Kier molecular flexibility index (Phi) is 5.64. The third kappa shape index (κ3) is 5.77. The maximum absolute atomic E-state index is 11.8. The van der Waals surface area contributed by atoms with E-state index in [9.17, 15) is 14.4 Å². The largest absolute Gasteiger partial charge is 0.466 e. The molecule has 0 bridgehead atoms. The number of carbonyl (C=O) groups excluding carboxylic acids is 3. The molecule has 5 nitrogen and oxygen atoms in total. The van der Waals surface area contributed by atoms with E-state index in [1.807, 2.05) is 0 Å². The Morgan fingerprint density at radius 2 is 1.52 bits per heavy atom. The van der Waals surface area contributed by atoms with Crippen LogP contribution in [0.15, 0.2) is 24.3 Å². The molecule has 0 spiro atoms. The third-order valence-electron chi connectivity index (χ3n) is 2.45. The summed E-state index contributed by atoms with van der Waals surface area (Å²) in [6.07, 6.45) is -0.306. The molecule has 114 valence electrons. The van der Waals surface area contributed by atoms with Crippen molar-refractivity contribution in [2.45, 2.75) is 39.7 Å². The molecule has 0 amide bonds. The summed E-state index contributed by atoms with van der Waals surface area (Å²) in [5.74, 6) is -1.35. The van der Waals surface area contributed by atoms with E-state index in [0.29, 0.717) is 11.1 Å². The number of hydrogen-bond acceptors (Lipinski definition) is 5. The van der Waals surface area contributed by atoms with Gasteiger partial charge in [0.2, 0.25) is 0 Å². The Hall–Kier alpha value is -2.17. The fourth-order valence-electron chi connectivity index (χ4n) is 1.57. The molecule has 0 N–H and O–H groups in total. The van der Waals surface area contributed by atoms with Gasteiger partial charge in [-0.2, -0.15) is 0 Å². The third-order valence-corrected chi connectivity index (χ3v) is 2.45. The highest BCUT2D eigenvalue weighted by Crippen LogP contribution is 2.13. The summed E-state index contributed by atoms with van der Waals surface area (Å²) in [5.41, 5.74) is 0.142. The van der Waals surface area contributed by atoms with Crippen molar-refractivity contribution in [3.8, 4) is 0 Å². The van der Waals surface area contributed by atoms with Crippen molar-refractivity contribution < 1.29 is 23.9 Å². The Morgan fingerprint density at radius 3 is 2.00 bits per heavy atom. The summed E-state index contributed by atoms with van der Waals surface area (Å²) in [7, 11) is 0. The van der Waals surface area contributed by atoms with Gasteiger partial charge in [-0.1, -0.05) is 12.1 Å². The zero-order chi connectivity index (χ0) is 16.0. The van der Waals surface area contributed by atoms with Crippen LogP contribution in [0.4, 0.5) is 0 Å². The summed E-state index contributed by atoms with van der Waals surface area (Å²) >= 11 is 0. The first-order chi connectivity index (χ1) is 9.73. The zero-order valence-corrected chi connectivity index (χ0v) is 12.8. The topological polar surface area (TPSA) is 69.7 Å². The first-order valence-corrected chi connectivity index (χ1v) is 6.75. The Bertz CT molecular complexity index is 523. The van der Waals surface area contributed by atoms with Gasteiger partial charge in [-0.3, -0.25) is 9.59 Å². The van der Waals surface area contributed by atoms with E-state index < -0.39 is 17.5 Å². The number of ether oxygens (including phenoxy) is 2. The smallest absolute Gasteiger partial charge is 0.338 e. The SMILES string of the molecule is CCOC(=O)CC(=O)c1ccc(C(=O)OC(C)(C)C)cc1. The van der Waals surface area contributed by atoms with Gasteiger partial charge in [0.05, 0.1) is 12.2 Å². The van der Waals surface area contributed by atoms with E-state index in [4.69, 9.17) is 9.47 Å². The van der Waals surface area contributed by atoms with Crippen LogP contribution < -0.4 is 0 Å². The minimum absolute atomic E-state index is 0.240. The number of hydrogen-bond donors (Lipinski definition) is 0. The summed E-state index contributed by atoms with van der Waals surface area (Å²) < 4.78 is 9.94. The van der Waals surface area contributed by atoms with Gasteiger partial charge in [0.15, 0.2) is 5.78 Å². The van der Waals surface area contributed by atoms with Crippen LogP contribution in [0, 0.1) is 0 Å². The molecular weight excluding hydrogens is 272 g/mol. The molecule has 0 saturated heterocycles. The predicted molar refractivity (Wildman–Crippen MR) is 77.2 cm³/mol. The fraction of sp³-hybridized carbons (Fsp3) is 0.438. The molecule has 0 saturated carbocycles. The number of Topliss-reactive ketones (excluding diaryl/α,β-unsaturated/α-hetero) is 1. The lowest BCUT2D eigenvalue weighted by molar-refractivity contribution is -0.141. The summed E-state index contributed by atoms with van der Waals surface area (Å²) in [5, 5.41) is 0. The van der Waals surface area contributed by atoms with Crippen molar-refractivity contribution >= 4 is 17.7 Å². The highest BCUT2D eigenvalue weighted by molar-refractivity contribution is 6.06. The average molecular weight is 292 g/mol. The molecule has 0 unspecified atom stereocenters. The van der Waals surface area contributed by atoms with E-state index in [1.165, 1.54) is 24.3 Å². The maximum Gasteiger partial charge on any atom is 0.338 e. The van der Waals surface area contributed by atoms with Crippen molar-refractivity contribution in [3.63, 3.8) is 0 Å². The van der Waals surface area contributed by atoms with Crippen LogP contribution in [-0.4, -0.2) is 29.9 Å².